The SMILES string of the molecule is CCCc1cccc(N(C)c2nc(OC3CCCC3)ncc2C(F)(F)F)c1. The Labute approximate surface area is 157 Å². The fourth-order valence-electron chi connectivity index (χ4n) is 3.36. The van der Waals surface area contributed by atoms with Gasteiger partial charge >= 0.3 is 12.2 Å². The average Bonchev–Trinajstić information content (AvgIpc) is 3.13. The van der Waals surface area contributed by atoms with Gasteiger partial charge in [-0.05, 0) is 49.8 Å². The van der Waals surface area contributed by atoms with Gasteiger partial charge in [-0.3, -0.25) is 0 Å². The molecule has 0 aliphatic heterocycles. The van der Waals surface area contributed by atoms with Gasteiger partial charge in [0.25, 0.3) is 0 Å². The molecule has 0 atom stereocenters. The van der Waals surface area contributed by atoms with Gasteiger partial charge in [-0.15, -0.1) is 0 Å². The van der Waals surface area contributed by atoms with Crippen LogP contribution in [0.5, 0.6) is 6.01 Å². The number of anilines is 2. The summed E-state index contributed by atoms with van der Waals surface area (Å²) in [7, 11) is 1.59. The maximum Gasteiger partial charge on any atom is 0.421 e. The largest absolute Gasteiger partial charge is 0.460 e. The van der Waals surface area contributed by atoms with Crippen LogP contribution >= 0.6 is 0 Å². The Hall–Kier alpha value is -2.31. The summed E-state index contributed by atoms with van der Waals surface area (Å²) in [6, 6.07) is 7.49. The van der Waals surface area contributed by atoms with E-state index in [-0.39, 0.29) is 17.9 Å². The summed E-state index contributed by atoms with van der Waals surface area (Å²) in [5.41, 5.74) is 0.855. The third-order valence-electron chi connectivity index (χ3n) is 4.78. The molecule has 3 rings (SSSR count). The minimum Gasteiger partial charge on any atom is -0.460 e. The quantitative estimate of drug-likeness (QED) is 0.661. The number of alkyl halides is 3. The van der Waals surface area contributed by atoms with E-state index >= 15 is 0 Å². The number of halogens is 3. The van der Waals surface area contributed by atoms with Crippen LogP contribution in [0.3, 0.4) is 0 Å². The Bertz CT molecular complexity index is 773. The van der Waals surface area contributed by atoms with Crippen LogP contribution in [0.15, 0.2) is 30.5 Å². The molecule has 1 aromatic heterocycles. The van der Waals surface area contributed by atoms with Crippen molar-refractivity contribution in [2.45, 2.75) is 57.7 Å². The number of nitrogens with zero attached hydrogens (tertiary/aromatic N) is 3. The summed E-state index contributed by atoms with van der Waals surface area (Å²) in [5, 5.41) is 0. The third-order valence-corrected chi connectivity index (χ3v) is 4.78. The molecule has 1 fully saturated rings. The molecule has 0 spiro atoms. The first-order chi connectivity index (χ1) is 12.9. The molecule has 27 heavy (non-hydrogen) atoms. The van der Waals surface area contributed by atoms with Crippen molar-refractivity contribution in [1.29, 1.82) is 0 Å². The molecule has 0 N–H and O–H groups in total. The van der Waals surface area contributed by atoms with Gasteiger partial charge in [-0.1, -0.05) is 25.5 Å². The van der Waals surface area contributed by atoms with Gasteiger partial charge in [0, 0.05) is 18.9 Å². The molecule has 0 unspecified atom stereocenters. The lowest BCUT2D eigenvalue weighted by atomic mass is 10.1. The minimum absolute atomic E-state index is 0.00135. The van der Waals surface area contributed by atoms with Crippen LogP contribution in [-0.4, -0.2) is 23.1 Å². The smallest absolute Gasteiger partial charge is 0.421 e. The van der Waals surface area contributed by atoms with E-state index in [9.17, 15) is 13.2 Å². The first-order valence-electron chi connectivity index (χ1n) is 9.32. The van der Waals surface area contributed by atoms with Crippen LogP contribution in [0.25, 0.3) is 0 Å². The van der Waals surface area contributed by atoms with Gasteiger partial charge in [0.15, 0.2) is 5.82 Å². The highest BCUT2D eigenvalue weighted by molar-refractivity contribution is 5.63. The summed E-state index contributed by atoms with van der Waals surface area (Å²) in [5.74, 6) is -0.195. The summed E-state index contributed by atoms with van der Waals surface area (Å²) in [6.45, 7) is 2.06. The molecular formula is C20H24F3N3O. The molecule has 0 saturated heterocycles. The highest BCUT2D eigenvalue weighted by Gasteiger charge is 2.37. The lowest BCUT2D eigenvalue weighted by Gasteiger charge is -2.23. The van der Waals surface area contributed by atoms with E-state index in [4.69, 9.17) is 4.74 Å². The number of rotatable bonds is 6. The standard InChI is InChI=1S/C20H24F3N3O/c1-3-7-14-8-6-9-15(12-14)26(2)18-17(20(21,22)23)13-24-19(25-18)27-16-10-4-5-11-16/h6,8-9,12-13,16H,3-5,7,10-11H2,1-2H3. The molecule has 0 amide bonds. The second-order valence-corrected chi connectivity index (χ2v) is 6.89. The zero-order valence-corrected chi connectivity index (χ0v) is 15.6. The van der Waals surface area contributed by atoms with Gasteiger partial charge in [0.2, 0.25) is 0 Å². The maximum absolute atomic E-state index is 13.5. The van der Waals surface area contributed by atoms with Crippen molar-refractivity contribution in [2.75, 3.05) is 11.9 Å². The van der Waals surface area contributed by atoms with E-state index in [0.717, 1.165) is 50.3 Å². The van der Waals surface area contributed by atoms with Crippen molar-refractivity contribution in [3.63, 3.8) is 0 Å². The van der Waals surface area contributed by atoms with E-state index in [1.165, 1.54) is 4.90 Å². The van der Waals surface area contributed by atoms with Gasteiger partial charge in [0.05, 0.1) is 0 Å². The third kappa shape index (κ3) is 4.70. The molecule has 0 bridgehead atoms. The molecule has 1 saturated carbocycles. The monoisotopic (exact) mass is 379 g/mol. The highest BCUT2D eigenvalue weighted by Crippen LogP contribution is 2.38. The topological polar surface area (TPSA) is 38.2 Å². The second kappa shape index (κ2) is 8.15. The summed E-state index contributed by atoms with van der Waals surface area (Å²) >= 11 is 0. The van der Waals surface area contributed by atoms with Crippen LogP contribution in [0.2, 0.25) is 0 Å². The van der Waals surface area contributed by atoms with Crippen LogP contribution in [0, 0.1) is 0 Å². The maximum atomic E-state index is 13.5. The number of hydrogen-bond donors (Lipinski definition) is 0. The zero-order valence-electron chi connectivity index (χ0n) is 15.6. The molecule has 1 heterocycles. The predicted molar refractivity (Wildman–Crippen MR) is 98.4 cm³/mol. The number of hydrogen-bond acceptors (Lipinski definition) is 4. The molecule has 1 aromatic carbocycles. The van der Waals surface area contributed by atoms with Crippen molar-refractivity contribution in [2.24, 2.45) is 0 Å². The Balaban J connectivity index is 1.95. The first kappa shape index (κ1) is 19.5. The minimum atomic E-state index is -4.55. The molecule has 7 heteroatoms. The fourth-order valence-corrected chi connectivity index (χ4v) is 3.36. The first-order valence-corrected chi connectivity index (χ1v) is 9.32. The molecule has 146 valence electrons. The highest BCUT2D eigenvalue weighted by atomic mass is 19.4. The predicted octanol–water partition coefficient (Wildman–Crippen LogP) is 5.54. The van der Waals surface area contributed by atoms with Crippen LogP contribution in [0.1, 0.15) is 50.2 Å². The molecule has 2 aromatic rings. The van der Waals surface area contributed by atoms with Crippen LogP contribution in [0.4, 0.5) is 24.7 Å². The number of aryl methyl sites for hydroxylation is 1. The van der Waals surface area contributed by atoms with Crippen molar-refractivity contribution in [3.05, 3.63) is 41.6 Å². The molecule has 1 aliphatic carbocycles. The lowest BCUT2D eigenvalue weighted by molar-refractivity contribution is -0.137. The second-order valence-electron chi connectivity index (χ2n) is 6.89. The van der Waals surface area contributed by atoms with Gasteiger partial charge < -0.3 is 9.64 Å². The zero-order chi connectivity index (χ0) is 19.4. The summed E-state index contributed by atoms with van der Waals surface area (Å²) in [6.07, 6.45) is 1.97. The number of ether oxygens (including phenoxy) is 1. The van der Waals surface area contributed by atoms with Crippen molar-refractivity contribution >= 4 is 11.5 Å². The lowest BCUT2D eigenvalue weighted by Crippen LogP contribution is -2.21. The summed E-state index contributed by atoms with van der Waals surface area (Å²) < 4.78 is 46.3. The summed E-state index contributed by atoms with van der Waals surface area (Å²) in [4.78, 5) is 9.39. The number of aromatic nitrogens is 2. The van der Waals surface area contributed by atoms with Crippen molar-refractivity contribution in [3.8, 4) is 6.01 Å². The van der Waals surface area contributed by atoms with Crippen LogP contribution < -0.4 is 9.64 Å². The fraction of sp³-hybridized carbons (Fsp3) is 0.500. The average molecular weight is 379 g/mol. The van der Waals surface area contributed by atoms with Crippen molar-refractivity contribution in [1.82, 2.24) is 9.97 Å². The number of benzene rings is 1. The molecule has 1 aliphatic rings. The Morgan fingerprint density at radius 2 is 1.96 bits per heavy atom. The van der Waals surface area contributed by atoms with E-state index < -0.39 is 11.7 Å². The van der Waals surface area contributed by atoms with E-state index in [1.807, 2.05) is 18.2 Å². The Morgan fingerprint density at radius 1 is 1.22 bits per heavy atom. The van der Waals surface area contributed by atoms with E-state index in [1.54, 1.807) is 13.1 Å². The van der Waals surface area contributed by atoms with Crippen LogP contribution in [-0.2, 0) is 12.6 Å². The van der Waals surface area contributed by atoms with Gasteiger partial charge in [-0.25, -0.2) is 4.98 Å². The Morgan fingerprint density at radius 3 is 2.63 bits per heavy atom. The van der Waals surface area contributed by atoms with Crippen molar-refractivity contribution < 1.29 is 17.9 Å². The molecule has 0 radical (unpaired) electrons. The normalized spacial score (nSPS) is 15.1. The van der Waals surface area contributed by atoms with Gasteiger partial charge in [-0.2, -0.15) is 18.2 Å². The van der Waals surface area contributed by atoms with Gasteiger partial charge in [0.1, 0.15) is 11.7 Å². The Kier molecular flexibility index (Phi) is 5.87. The molecule has 4 nitrogen and oxygen atoms in total. The van der Waals surface area contributed by atoms with E-state index in [2.05, 4.69) is 16.9 Å². The van der Waals surface area contributed by atoms with E-state index in [0.29, 0.717) is 5.69 Å². The molecular weight excluding hydrogens is 355 g/mol.